The van der Waals surface area contributed by atoms with Gasteiger partial charge in [-0.2, -0.15) is 0 Å². The van der Waals surface area contributed by atoms with Crippen molar-refractivity contribution in [2.24, 2.45) is 5.92 Å². The van der Waals surface area contributed by atoms with E-state index in [1.165, 1.54) is 0 Å². The van der Waals surface area contributed by atoms with Crippen molar-refractivity contribution < 1.29 is 28.8 Å². The number of ether oxygens (including phenoxy) is 1. The Hall–Kier alpha value is -3.80. The predicted octanol–water partition coefficient (Wildman–Crippen LogP) is 3.21. The third-order valence-corrected chi connectivity index (χ3v) is 6.41. The quantitative estimate of drug-likeness (QED) is 0.429. The molecule has 1 aromatic heterocycles. The first-order chi connectivity index (χ1) is 17.9. The van der Waals surface area contributed by atoms with E-state index in [2.05, 4.69) is 21.1 Å². The van der Waals surface area contributed by atoms with E-state index in [1.807, 2.05) is 20.8 Å². The summed E-state index contributed by atoms with van der Waals surface area (Å²) in [5.74, 6) is 0.331. The second kappa shape index (κ2) is 12.2. The molecule has 3 rings (SSSR count). The number of benzene rings is 1. The minimum absolute atomic E-state index is 0.0133. The van der Waals surface area contributed by atoms with Crippen molar-refractivity contribution in [2.75, 3.05) is 37.4 Å². The molecular formula is C26H38N6O6. The zero-order chi connectivity index (χ0) is 28.1. The molecule has 2 heterocycles. The molecule has 38 heavy (non-hydrogen) atoms. The minimum atomic E-state index is -0.525. The Morgan fingerprint density at radius 2 is 1.95 bits per heavy atom. The smallest absolute Gasteiger partial charge is 0.323 e. The van der Waals surface area contributed by atoms with Crippen LogP contribution < -0.4 is 20.7 Å². The Kier molecular flexibility index (Phi) is 9.21. The van der Waals surface area contributed by atoms with Gasteiger partial charge < -0.3 is 40.1 Å². The summed E-state index contributed by atoms with van der Waals surface area (Å²) in [6.07, 6.45) is -0.431. The number of hydrogen-bond donors (Lipinski definition) is 4. The number of rotatable bonds is 7. The van der Waals surface area contributed by atoms with Gasteiger partial charge in [0.15, 0.2) is 5.76 Å². The molecule has 0 saturated carbocycles. The fourth-order valence-electron chi connectivity index (χ4n) is 4.17. The van der Waals surface area contributed by atoms with Gasteiger partial charge in [-0.25, -0.2) is 9.59 Å². The van der Waals surface area contributed by atoms with Crippen molar-refractivity contribution in [3.63, 3.8) is 0 Å². The number of aliphatic hydroxyl groups is 1. The number of carbonyl (C=O) groups excluding carboxylic acids is 3. The van der Waals surface area contributed by atoms with Gasteiger partial charge in [-0.3, -0.25) is 4.79 Å². The Morgan fingerprint density at radius 1 is 1.24 bits per heavy atom. The van der Waals surface area contributed by atoms with Crippen molar-refractivity contribution in [1.82, 2.24) is 20.3 Å². The predicted molar refractivity (Wildman–Crippen MR) is 143 cm³/mol. The van der Waals surface area contributed by atoms with E-state index in [0.29, 0.717) is 35.1 Å². The molecule has 5 amide bonds. The maximum Gasteiger partial charge on any atom is 0.323 e. The van der Waals surface area contributed by atoms with Gasteiger partial charge in [0, 0.05) is 31.2 Å². The number of carbonyl (C=O) groups is 3. The molecule has 0 bridgehead atoms. The number of likely N-dealkylation sites (N-methyl/N-ethyl adjacent to an activating group) is 1. The fourth-order valence-corrected chi connectivity index (χ4v) is 4.17. The van der Waals surface area contributed by atoms with Crippen LogP contribution in [0.15, 0.2) is 22.7 Å². The zero-order valence-corrected chi connectivity index (χ0v) is 23.0. The molecule has 1 aliphatic rings. The van der Waals surface area contributed by atoms with Crippen LogP contribution >= 0.6 is 0 Å². The van der Waals surface area contributed by atoms with Gasteiger partial charge >= 0.3 is 12.1 Å². The highest BCUT2D eigenvalue weighted by Crippen LogP contribution is 2.31. The number of nitrogens with one attached hydrogen (secondary N) is 3. The Balaban J connectivity index is 1.88. The second-order valence-electron chi connectivity index (χ2n) is 10.1. The molecule has 0 radical (unpaired) electrons. The molecule has 0 spiro atoms. The maximum atomic E-state index is 13.6. The molecule has 0 fully saturated rings. The summed E-state index contributed by atoms with van der Waals surface area (Å²) in [7, 11) is 1.69. The van der Waals surface area contributed by atoms with Crippen LogP contribution in [0.25, 0.3) is 0 Å². The van der Waals surface area contributed by atoms with Gasteiger partial charge in [0.2, 0.25) is 0 Å². The summed E-state index contributed by atoms with van der Waals surface area (Å²) >= 11 is 0. The number of anilines is 2. The van der Waals surface area contributed by atoms with Crippen molar-refractivity contribution in [2.45, 2.75) is 59.7 Å². The van der Waals surface area contributed by atoms with Gasteiger partial charge in [-0.05, 0) is 52.8 Å². The SMILES string of the molecule is Cc1noc(C)c1NC(=O)Nc1ccc2c(c1)C(=O)N([C@H](C)CO)C[C@H](C)[C@H](CN(C)C(=O)NC(C)C)O2. The van der Waals surface area contributed by atoms with Crippen LogP contribution in [-0.2, 0) is 0 Å². The maximum absolute atomic E-state index is 13.6. The van der Waals surface area contributed by atoms with Crippen LogP contribution in [-0.4, -0.2) is 83.0 Å². The lowest BCUT2D eigenvalue weighted by molar-refractivity contribution is 0.0366. The number of amides is 5. The molecule has 1 aromatic carbocycles. The molecule has 0 unspecified atom stereocenters. The summed E-state index contributed by atoms with van der Waals surface area (Å²) < 4.78 is 11.4. The highest BCUT2D eigenvalue weighted by atomic mass is 16.5. The average Bonchev–Trinajstić information content (AvgIpc) is 3.17. The summed E-state index contributed by atoms with van der Waals surface area (Å²) in [6, 6.07) is 3.60. The number of fused-ring (bicyclic) bond motifs is 1. The van der Waals surface area contributed by atoms with Gasteiger partial charge in [-0.1, -0.05) is 12.1 Å². The molecule has 12 heteroatoms. The molecule has 2 aromatic rings. The van der Waals surface area contributed by atoms with Crippen molar-refractivity contribution >= 4 is 29.3 Å². The molecule has 1 aliphatic heterocycles. The monoisotopic (exact) mass is 530 g/mol. The molecule has 12 nitrogen and oxygen atoms in total. The van der Waals surface area contributed by atoms with Crippen molar-refractivity contribution in [3.05, 3.63) is 35.2 Å². The average molecular weight is 531 g/mol. The molecule has 0 saturated heterocycles. The highest BCUT2D eigenvalue weighted by molar-refractivity contribution is 6.03. The number of aliphatic hydroxyl groups excluding tert-OH is 1. The third-order valence-electron chi connectivity index (χ3n) is 6.41. The van der Waals surface area contributed by atoms with Gasteiger partial charge in [-0.15, -0.1) is 0 Å². The highest BCUT2D eigenvalue weighted by Gasteiger charge is 2.34. The van der Waals surface area contributed by atoms with Gasteiger partial charge in [0.05, 0.1) is 24.8 Å². The lowest BCUT2D eigenvalue weighted by atomic mass is 9.99. The first kappa shape index (κ1) is 28.8. The van der Waals surface area contributed by atoms with E-state index in [9.17, 15) is 19.5 Å². The number of hydrogen-bond acceptors (Lipinski definition) is 7. The second-order valence-corrected chi connectivity index (χ2v) is 10.1. The summed E-state index contributed by atoms with van der Waals surface area (Å²) in [5.41, 5.74) is 1.63. The van der Waals surface area contributed by atoms with Crippen LogP contribution in [0.5, 0.6) is 5.75 Å². The minimum Gasteiger partial charge on any atom is -0.487 e. The van der Waals surface area contributed by atoms with Crippen molar-refractivity contribution in [1.29, 1.82) is 0 Å². The molecule has 208 valence electrons. The molecule has 3 atom stereocenters. The zero-order valence-electron chi connectivity index (χ0n) is 23.0. The third kappa shape index (κ3) is 6.74. The summed E-state index contributed by atoms with van der Waals surface area (Å²) in [5, 5.41) is 22.0. The van der Waals surface area contributed by atoms with E-state index in [-0.39, 0.29) is 42.6 Å². The molecular weight excluding hydrogens is 492 g/mol. The number of aromatic nitrogens is 1. The van der Waals surface area contributed by atoms with E-state index >= 15 is 0 Å². The van der Waals surface area contributed by atoms with Crippen LogP contribution in [0, 0.1) is 19.8 Å². The van der Waals surface area contributed by atoms with Gasteiger partial charge in [0.25, 0.3) is 5.91 Å². The largest absolute Gasteiger partial charge is 0.487 e. The standard InChI is InChI=1S/C26H38N6O6/c1-14(2)27-26(36)31(7)12-22-15(3)11-32(16(4)13-33)24(34)20-10-19(8-9-21(20)37-22)28-25(35)29-23-17(5)30-38-18(23)6/h8-10,14-16,22,33H,11-13H2,1-7H3,(H,27,36)(H2,28,29,35)/t15-,16+,22-/m0/s1. The summed E-state index contributed by atoms with van der Waals surface area (Å²) in [6.45, 7) is 11.3. The Bertz CT molecular complexity index is 1150. The van der Waals surface area contributed by atoms with E-state index in [4.69, 9.17) is 9.26 Å². The first-order valence-electron chi connectivity index (χ1n) is 12.7. The Morgan fingerprint density at radius 3 is 2.55 bits per heavy atom. The van der Waals surface area contributed by atoms with Gasteiger partial charge in [0.1, 0.15) is 23.2 Å². The lowest BCUT2D eigenvalue weighted by Crippen LogP contribution is -2.51. The van der Waals surface area contributed by atoms with Crippen LogP contribution in [0.2, 0.25) is 0 Å². The number of nitrogens with zero attached hydrogens (tertiary/aromatic N) is 3. The van der Waals surface area contributed by atoms with Crippen LogP contribution in [0.1, 0.15) is 49.5 Å². The van der Waals surface area contributed by atoms with Crippen molar-refractivity contribution in [3.8, 4) is 5.75 Å². The van der Waals surface area contributed by atoms with E-state index in [1.54, 1.807) is 55.8 Å². The first-order valence-corrected chi connectivity index (χ1v) is 12.7. The van der Waals surface area contributed by atoms with E-state index < -0.39 is 18.2 Å². The van der Waals surface area contributed by atoms with E-state index in [0.717, 1.165) is 0 Å². The molecule has 0 aliphatic carbocycles. The lowest BCUT2D eigenvalue weighted by Gasteiger charge is -2.38. The summed E-state index contributed by atoms with van der Waals surface area (Å²) in [4.78, 5) is 41.9. The topological polar surface area (TPSA) is 149 Å². The fraction of sp³-hybridized carbons (Fsp3) is 0.538. The normalized spacial score (nSPS) is 18.1. The number of urea groups is 2. The molecule has 4 N–H and O–H groups in total. The van der Waals surface area contributed by atoms with Crippen LogP contribution in [0.3, 0.4) is 0 Å². The number of aryl methyl sites for hydroxylation is 2. The Labute approximate surface area is 222 Å². The van der Waals surface area contributed by atoms with Crippen LogP contribution in [0.4, 0.5) is 21.0 Å².